The van der Waals surface area contributed by atoms with Crippen molar-refractivity contribution in [2.24, 2.45) is 7.05 Å². The number of aryl methyl sites for hydroxylation is 1. The van der Waals surface area contributed by atoms with E-state index in [-0.39, 0.29) is 5.91 Å². The van der Waals surface area contributed by atoms with Gasteiger partial charge in [-0.3, -0.25) is 9.48 Å². The van der Waals surface area contributed by atoms with Crippen LogP contribution in [0, 0.1) is 0 Å². The van der Waals surface area contributed by atoms with Crippen LogP contribution < -0.4 is 4.74 Å². The third kappa shape index (κ3) is 2.76. The number of ether oxygens (including phenoxy) is 1. The van der Waals surface area contributed by atoms with E-state index in [9.17, 15) is 4.79 Å². The molecule has 2 heterocycles. The normalized spacial score (nSPS) is 14.1. The van der Waals surface area contributed by atoms with Gasteiger partial charge in [0, 0.05) is 31.0 Å². The van der Waals surface area contributed by atoms with Crippen molar-refractivity contribution in [3.63, 3.8) is 0 Å². The van der Waals surface area contributed by atoms with Gasteiger partial charge in [0.05, 0.1) is 18.3 Å². The summed E-state index contributed by atoms with van der Waals surface area (Å²) < 4.78 is 7.73. The van der Waals surface area contributed by atoms with Crippen molar-refractivity contribution >= 4 is 16.8 Å². The highest BCUT2D eigenvalue weighted by Gasteiger charge is 2.19. The first-order valence-electron chi connectivity index (χ1n) is 8.62. The minimum atomic E-state index is 0.163. The number of carbonyl (C=O) groups excluding carboxylic acids is 1. The molecule has 2 aromatic carbocycles. The van der Waals surface area contributed by atoms with Crippen LogP contribution in [0.1, 0.15) is 18.9 Å². The van der Waals surface area contributed by atoms with Gasteiger partial charge in [-0.1, -0.05) is 25.1 Å². The summed E-state index contributed by atoms with van der Waals surface area (Å²) in [6.07, 6.45) is 2.42. The largest absolute Gasteiger partial charge is 0.491 e. The highest BCUT2D eigenvalue weighted by molar-refractivity contribution is 5.94. The van der Waals surface area contributed by atoms with Crippen LogP contribution in [0.2, 0.25) is 0 Å². The number of carbonyl (C=O) groups is 1. The molecule has 5 heteroatoms. The average molecular weight is 335 g/mol. The molecule has 1 aromatic heterocycles. The molecule has 0 spiro atoms. The monoisotopic (exact) mass is 335 g/mol. The third-order valence-electron chi connectivity index (χ3n) is 4.80. The van der Waals surface area contributed by atoms with Crippen LogP contribution in [-0.4, -0.2) is 33.7 Å². The summed E-state index contributed by atoms with van der Waals surface area (Å²) >= 11 is 0. The van der Waals surface area contributed by atoms with Crippen LogP contribution in [0.4, 0.5) is 0 Å². The maximum atomic E-state index is 12.1. The van der Waals surface area contributed by atoms with Gasteiger partial charge in [0.15, 0.2) is 0 Å². The second kappa shape index (κ2) is 6.24. The number of nitrogens with zero attached hydrogens (tertiary/aromatic N) is 3. The molecule has 1 aliphatic heterocycles. The van der Waals surface area contributed by atoms with E-state index >= 15 is 0 Å². The molecule has 0 saturated heterocycles. The summed E-state index contributed by atoms with van der Waals surface area (Å²) in [5.74, 6) is 1.03. The molecule has 0 N–H and O–H groups in total. The first-order chi connectivity index (χ1) is 12.2. The second-order valence-electron chi connectivity index (χ2n) is 6.35. The molecule has 0 saturated carbocycles. The summed E-state index contributed by atoms with van der Waals surface area (Å²) in [4.78, 5) is 14.0. The van der Waals surface area contributed by atoms with Crippen molar-refractivity contribution in [2.45, 2.75) is 19.9 Å². The minimum absolute atomic E-state index is 0.163. The molecule has 0 bridgehead atoms. The van der Waals surface area contributed by atoms with Gasteiger partial charge in [-0.25, -0.2) is 0 Å². The Bertz CT molecular complexity index is 945. The molecule has 1 amide bonds. The quantitative estimate of drug-likeness (QED) is 0.721. The summed E-state index contributed by atoms with van der Waals surface area (Å²) in [6.45, 7) is 3.67. The first-order valence-corrected chi connectivity index (χ1v) is 8.62. The Balaban J connectivity index is 1.78. The third-order valence-corrected chi connectivity index (χ3v) is 4.80. The fourth-order valence-electron chi connectivity index (χ4n) is 3.43. The molecule has 5 nitrogen and oxygen atoms in total. The molecule has 3 aromatic rings. The fraction of sp³-hybridized carbons (Fsp3) is 0.300. The molecule has 0 fully saturated rings. The van der Waals surface area contributed by atoms with Gasteiger partial charge in [-0.05, 0) is 29.3 Å². The molecule has 0 unspecified atom stereocenters. The summed E-state index contributed by atoms with van der Waals surface area (Å²) in [6, 6.07) is 12.5. The highest BCUT2D eigenvalue weighted by Crippen LogP contribution is 2.33. The van der Waals surface area contributed by atoms with Crippen molar-refractivity contribution < 1.29 is 9.53 Å². The van der Waals surface area contributed by atoms with Crippen molar-refractivity contribution in [1.82, 2.24) is 14.7 Å². The van der Waals surface area contributed by atoms with Gasteiger partial charge in [0.1, 0.15) is 12.4 Å². The number of amides is 1. The van der Waals surface area contributed by atoms with Crippen LogP contribution in [0.25, 0.3) is 22.0 Å². The second-order valence-corrected chi connectivity index (χ2v) is 6.35. The predicted molar refractivity (Wildman–Crippen MR) is 97.4 cm³/mol. The lowest BCUT2D eigenvalue weighted by molar-refractivity contribution is -0.131. The minimum Gasteiger partial charge on any atom is -0.491 e. The zero-order valence-corrected chi connectivity index (χ0v) is 14.5. The van der Waals surface area contributed by atoms with E-state index in [0.29, 0.717) is 26.1 Å². The maximum Gasteiger partial charge on any atom is 0.222 e. The lowest BCUT2D eigenvalue weighted by atomic mass is 9.99. The zero-order chi connectivity index (χ0) is 17.4. The average Bonchev–Trinajstić information content (AvgIpc) is 2.89. The topological polar surface area (TPSA) is 47.4 Å². The predicted octanol–water partition coefficient (Wildman–Crippen LogP) is 3.37. The molecule has 25 heavy (non-hydrogen) atoms. The van der Waals surface area contributed by atoms with Gasteiger partial charge in [0.25, 0.3) is 0 Å². The van der Waals surface area contributed by atoms with E-state index in [1.165, 1.54) is 0 Å². The van der Waals surface area contributed by atoms with Crippen LogP contribution >= 0.6 is 0 Å². The Morgan fingerprint density at radius 2 is 2.16 bits per heavy atom. The molecule has 0 radical (unpaired) electrons. The molecule has 0 atom stereocenters. The van der Waals surface area contributed by atoms with Gasteiger partial charge >= 0.3 is 0 Å². The van der Waals surface area contributed by atoms with E-state index in [2.05, 4.69) is 35.4 Å². The Morgan fingerprint density at radius 3 is 3.00 bits per heavy atom. The Hall–Kier alpha value is -2.82. The number of aromatic nitrogens is 2. The Labute approximate surface area is 146 Å². The van der Waals surface area contributed by atoms with Crippen molar-refractivity contribution in [1.29, 1.82) is 0 Å². The summed E-state index contributed by atoms with van der Waals surface area (Å²) in [5.41, 5.74) is 4.42. The molecular weight excluding hydrogens is 314 g/mol. The van der Waals surface area contributed by atoms with E-state index in [4.69, 9.17) is 4.74 Å². The number of hydrogen-bond donors (Lipinski definition) is 0. The summed E-state index contributed by atoms with van der Waals surface area (Å²) in [5, 5.41) is 5.50. The molecule has 128 valence electrons. The standard InChI is InChI=1S/C20H21N3O2/c1-3-20(24)23-9-10-25-19-8-7-14(11-15(19)13-23)16-5-4-6-18-17(16)12-21-22(18)2/h4-8,11-12H,3,9-10,13H2,1-2H3. The Kier molecular flexibility index (Phi) is 3.92. The van der Waals surface area contributed by atoms with Crippen LogP contribution in [0.3, 0.4) is 0 Å². The van der Waals surface area contributed by atoms with Gasteiger partial charge in [-0.15, -0.1) is 0 Å². The van der Waals surface area contributed by atoms with Crippen molar-refractivity contribution in [2.75, 3.05) is 13.2 Å². The van der Waals surface area contributed by atoms with Gasteiger partial charge in [0.2, 0.25) is 5.91 Å². The number of fused-ring (bicyclic) bond motifs is 2. The van der Waals surface area contributed by atoms with E-state index in [1.54, 1.807) is 0 Å². The first kappa shape index (κ1) is 15.7. The summed E-state index contributed by atoms with van der Waals surface area (Å²) in [7, 11) is 1.95. The van der Waals surface area contributed by atoms with Gasteiger partial charge in [-0.2, -0.15) is 5.10 Å². The van der Waals surface area contributed by atoms with E-state index < -0.39 is 0 Å². The lowest BCUT2D eigenvalue weighted by Gasteiger charge is -2.19. The van der Waals surface area contributed by atoms with Crippen molar-refractivity contribution in [3.05, 3.63) is 48.2 Å². The zero-order valence-electron chi connectivity index (χ0n) is 14.5. The van der Waals surface area contributed by atoms with Crippen LogP contribution in [-0.2, 0) is 18.4 Å². The van der Waals surface area contributed by atoms with E-state index in [1.807, 2.05) is 35.8 Å². The number of hydrogen-bond acceptors (Lipinski definition) is 3. The molecular formula is C20H21N3O2. The van der Waals surface area contributed by atoms with Crippen molar-refractivity contribution in [3.8, 4) is 16.9 Å². The molecule has 0 aliphatic carbocycles. The fourth-order valence-corrected chi connectivity index (χ4v) is 3.43. The lowest BCUT2D eigenvalue weighted by Crippen LogP contribution is -2.31. The Morgan fingerprint density at radius 1 is 1.28 bits per heavy atom. The SMILES string of the molecule is CCC(=O)N1CCOc2ccc(-c3cccc4c3cnn4C)cc2C1. The highest BCUT2D eigenvalue weighted by atomic mass is 16.5. The molecule has 1 aliphatic rings. The van der Waals surface area contributed by atoms with E-state index in [0.717, 1.165) is 33.3 Å². The van der Waals surface area contributed by atoms with Gasteiger partial charge < -0.3 is 9.64 Å². The van der Waals surface area contributed by atoms with Crippen LogP contribution in [0.5, 0.6) is 5.75 Å². The van der Waals surface area contributed by atoms with Crippen LogP contribution in [0.15, 0.2) is 42.6 Å². The number of benzene rings is 2. The maximum absolute atomic E-state index is 12.1. The molecule has 4 rings (SSSR count). The number of rotatable bonds is 2. The smallest absolute Gasteiger partial charge is 0.222 e.